The Labute approximate surface area is 116 Å². The molecule has 1 aromatic heterocycles. The van der Waals surface area contributed by atoms with Gasteiger partial charge in [-0.1, -0.05) is 18.2 Å². The van der Waals surface area contributed by atoms with E-state index in [2.05, 4.69) is 26.0 Å². The summed E-state index contributed by atoms with van der Waals surface area (Å²) in [5.74, 6) is 0.670. The van der Waals surface area contributed by atoms with E-state index in [0.717, 1.165) is 17.1 Å². The van der Waals surface area contributed by atoms with Crippen molar-refractivity contribution in [3.05, 3.63) is 66.9 Å². The average Bonchev–Trinajstić information content (AvgIpc) is 2.51. The fraction of sp³-hybridized carbons (Fsp3) is 0. The van der Waals surface area contributed by atoms with E-state index in [0.29, 0.717) is 5.82 Å². The normalized spacial score (nSPS) is 10.0. The van der Waals surface area contributed by atoms with Gasteiger partial charge in [0.2, 0.25) is 0 Å². The monoisotopic (exact) mass is 263 g/mol. The summed E-state index contributed by atoms with van der Waals surface area (Å²) >= 11 is 0. The first kappa shape index (κ1) is 12.1. The van der Waals surface area contributed by atoms with Crippen LogP contribution in [0.25, 0.3) is 0 Å². The summed E-state index contributed by atoms with van der Waals surface area (Å²) in [6.07, 6.45) is 1.60. The van der Waals surface area contributed by atoms with Gasteiger partial charge in [0, 0.05) is 23.1 Å². The van der Waals surface area contributed by atoms with Crippen molar-refractivity contribution in [2.45, 2.75) is 0 Å². The van der Waals surface area contributed by atoms with Crippen molar-refractivity contribution in [1.82, 2.24) is 15.4 Å². The molecule has 0 bridgehead atoms. The molecule has 1 heterocycles. The molecule has 0 spiro atoms. The Hall–Kier alpha value is -2.95. The van der Waals surface area contributed by atoms with Crippen molar-refractivity contribution in [3.63, 3.8) is 0 Å². The Morgan fingerprint density at radius 1 is 0.650 bits per heavy atom. The molecule has 0 aliphatic rings. The minimum absolute atomic E-state index is 0.670. The smallest absolute Gasteiger partial charge is 0.156 e. The summed E-state index contributed by atoms with van der Waals surface area (Å²) in [5, 5.41) is 17.6. The fourth-order valence-corrected chi connectivity index (χ4v) is 1.78. The Balaban J connectivity index is 1.69. The van der Waals surface area contributed by atoms with Gasteiger partial charge in [-0.2, -0.15) is 0 Å². The van der Waals surface area contributed by atoms with E-state index in [1.54, 1.807) is 12.3 Å². The molecular weight excluding hydrogens is 250 g/mol. The molecule has 0 saturated heterocycles. The number of nitrogens with zero attached hydrogens (tertiary/aromatic N) is 3. The van der Waals surface area contributed by atoms with Gasteiger partial charge < -0.3 is 10.6 Å². The van der Waals surface area contributed by atoms with Crippen LogP contribution >= 0.6 is 0 Å². The van der Waals surface area contributed by atoms with Crippen LogP contribution in [-0.4, -0.2) is 15.4 Å². The molecule has 0 unspecified atom stereocenters. The maximum absolute atomic E-state index is 3.88. The summed E-state index contributed by atoms with van der Waals surface area (Å²) in [7, 11) is 0. The molecule has 0 amide bonds. The molecule has 2 N–H and O–H groups in total. The lowest BCUT2D eigenvalue weighted by Crippen LogP contribution is -1.96. The number of hydrogen-bond acceptors (Lipinski definition) is 5. The number of anilines is 4. The Morgan fingerprint density at radius 3 is 1.95 bits per heavy atom. The summed E-state index contributed by atoms with van der Waals surface area (Å²) < 4.78 is 0. The predicted octanol–water partition coefficient (Wildman–Crippen LogP) is 3.36. The summed E-state index contributed by atoms with van der Waals surface area (Å²) in [5.41, 5.74) is 3.04. The zero-order valence-electron chi connectivity index (χ0n) is 10.7. The van der Waals surface area contributed by atoms with Crippen molar-refractivity contribution in [2.75, 3.05) is 10.6 Å². The van der Waals surface area contributed by atoms with Gasteiger partial charge in [-0.05, 0) is 41.6 Å². The lowest BCUT2D eigenvalue weighted by molar-refractivity contribution is 0.871. The molecule has 0 aliphatic carbocycles. The second-order valence-corrected chi connectivity index (χ2v) is 4.20. The predicted molar refractivity (Wildman–Crippen MR) is 79.3 cm³/mol. The Kier molecular flexibility index (Phi) is 3.51. The molecule has 20 heavy (non-hydrogen) atoms. The van der Waals surface area contributed by atoms with Gasteiger partial charge in [0.25, 0.3) is 0 Å². The second-order valence-electron chi connectivity index (χ2n) is 4.20. The van der Waals surface area contributed by atoms with Crippen LogP contribution in [0.3, 0.4) is 0 Å². The van der Waals surface area contributed by atoms with E-state index in [-0.39, 0.29) is 0 Å². The van der Waals surface area contributed by atoms with Crippen LogP contribution in [0.1, 0.15) is 0 Å². The standard InChI is InChI=1S/C15H13N5/c1-2-4-12(5-3-1)17-13-6-8-14(9-7-13)18-15-10-11-16-20-19-15/h1-11,17H,(H,16,18,19). The lowest BCUT2D eigenvalue weighted by atomic mass is 10.2. The van der Waals surface area contributed by atoms with Gasteiger partial charge in [-0.25, -0.2) is 0 Å². The first-order valence-corrected chi connectivity index (χ1v) is 6.24. The number of rotatable bonds is 4. The molecule has 0 fully saturated rings. The minimum Gasteiger partial charge on any atom is -0.356 e. The molecule has 3 aromatic rings. The molecular formula is C15H13N5. The molecule has 5 heteroatoms. The van der Waals surface area contributed by atoms with Gasteiger partial charge in [0.1, 0.15) is 0 Å². The van der Waals surface area contributed by atoms with Crippen LogP contribution in [0.2, 0.25) is 0 Å². The van der Waals surface area contributed by atoms with E-state index in [1.807, 2.05) is 54.6 Å². The molecule has 0 atom stereocenters. The SMILES string of the molecule is c1ccc(Nc2ccc(Nc3ccnnn3)cc2)cc1. The molecule has 2 aromatic carbocycles. The van der Waals surface area contributed by atoms with Gasteiger partial charge in [-0.3, -0.25) is 0 Å². The third-order valence-corrected chi connectivity index (χ3v) is 2.72. The number of hydrogen-bond donors (Lipinski definition) is 2. The highest BCUT2D eigenvalue weighted by molar-refractivity contribution is 5.64. The summed E-state index contributed by atoms with van der Waals surface area (Å²) in [6, 6.07) is 19.8. The maximum Gasteiger partial charge on any atom is 0.156 e. The van der Waals surface area contributed by atoms with Crippen molar-refractivity contribution in [3.8, 4) is 0 Å². The van der Waals surface area contributed by atoms with E-state index in [4.69, 9.17) is 0 Å². The van der Waals surface area contributed by atoms with Gasteiger partial charge in [-0.15, -0.1) is 10.2 Å². The largest absolute Gasteiger partial charge is 0.356 e. The number of benzene rings is 2. The van der Waals surface area contributed by atoms with Crippen LogP contribution < -0.4 is 10.6 Å². The highest BCUT2D eigenvalue weighted by Gasteiger charge is 1.97. The highest BCUT2D eigenvalue weighted by atomic mass is 15.3. The van der Waals surface area contributed by atoms with Crippen LogP contribution in [0.15, 0.2) is 66.9 Å². The molecule has 0 saturated carbocycles. The maximum atomic E-state index is 3.88. The Bertz CT molecular complexity index is 592. The minimum atomic E-state index is 0.670. The van der Waals surface area contributed by atoms with E-state index < -0.39 is 0 Å². The van der Waals surface area contributed by atoms with E-state index in [1.165, 1.54) is 0 Å². The average molecular weight is 263 g/mol. The third-order valence-electron chi connectivity index (χ3n) is 2.72. The molecule has 98 valence electrons. The third kappa shape index (κ3) is 3.08. The summed E-state index contributed by atoms with van der Waals surface area (Å²) in [6.45, 7) is 0. The van der Waals surface area contributed by atoms with Gasteiger partial charge in [0.15, 0.2) is 5.82 Å². The lowest BCUT2D eigenvalue weighted by Gasteiger charge is -2.08. The fourth-order valence-electron chi connectivity index (χ4n) is 1.78. The molecule has 0 radical (unpaired) electrons. The number of aromatic nitrogens is 3. The van der Waals surface area contributed by atoms with Crippen molar-refractivity contribution in [1.29, 1.82) is 0 Å². The van der Waals surface area contributed by atoms with E-state index in [9.17, 15) is 0 Å². The summed E-state index contributed by atoms with van der Waals surface area (Å²) in [4.78, 5) is 0. The van der Waals surface area contributed by atoms with E-state index >= 15 is 0 Å². The zero-order valence-corrected chi connectivity index (χ0v) is 10.7. The van der Waals surface area contributed by atoms with Crippen LogP contribution in [0.4, 0.5) is 22.9 Å². The molecule has 5 nitrogen and oxygen atoms in total. The first-order chi connectivity index (χ1) is 9.90. The number of nitrogens with one attached hydrogen (secondary N) is 2. The van der Waals surface area contributed by atoms with Crippen molar-refractivity contribution < 1.29 is 0 Å². The van der Waals surface area contributed by atoms with Gasteiger partial charge in [0.05, 0.1) is 6.20 Å². The molecule has 3 rings (SSSR count). The topological polar surface area (TPSA) is 62.7 Å². The number of para-hydroxylation sites is 1. The molecule has 0 aliphatic heterocycles. The Morgan fingerprint density at radius 2 is 1.30 bits per heavy atom. The second kappa shape index (κ2) is 5.79. The van der Waals surface area contributed by atoms with Gasteiger partial charge >= 0.3 is 0 Å². The van der Waals surface area contributed by atoms with Crippen LogP contribution in [0, 0.1) is 0 Å². The first-order valence-electron chi connectivity index (χ1n) is 6.24. The quantitative estimate of drug-likeness (QED) is 0.755. The zero-order chi connectivity index (χ0) is 13.6. The van der Waals surface area contributed by atoms with Crippen molar-refractivity contribution >= 4 is 22.9 Å². The van der Waals surface area contributed by atoms with Crippen LogP contribution in [-0.2, 0) is 0 Å². The van der Waals surface area contributed by atoms with Crippen molar-refractivity contribution in [2.24, 2.45) is 0 Å². The van der Waals surface area contributed by atoms with Crippen LogP contribution in [0.5, 0.6) is 0 Å². The highest BCUT2D eigenvalue weighted by Crippen LogP contribution is 2.20.